The van der Waals surface area contributed by atoms with E-state index < -0.39 is 5.97 Å². The highest BCUT2D eigenvalue weighted by Crippen LogP contribution is 2.13. The van der Waals surface area contributed by atoms with Crippen LogP contribution in [0.5, 0.6) is 0 Å². The van der Waals surface area contributed by atoms with Crippen molar-refractivity contribution in [1.82, 2.24) is 5.16 Å². The summed E-state index contributed by atoms with van der Waals surface area (Å²) in [5.74, 6) is -0.137. The number of aromatic nitrogens is 1. The molecule has 13 heavy (non-hydrogen) atoms. The summed E-state index contributed by atoms with van der Waals surface area (Å²) in [6, 6.07) is 0. The zero-order valence-electron chi connectivity index (χ0n) is 7.57. The SMILES string of the molecule is Cc1noc(C)c1C=CCC(=O)O. The molecule has 0 spiro atoms. The first kappa shape index (κ1) is 9.51. The van der Waals surface area contributed by atoms with Crippen LogP contribution in [0.15, 0.2) is 10.6 Å². The summed E-state index contributed by atoms with van der Waals surface area (Å²) < 4.78 is 4.90. The lowest BCUT2D eigenvalue weighted by Gasteiger charge is -1.88. The minimum Gasteiger partial charge on any atom is -0.481 e. The molecule has 1 rings (SSSR count). The number of aryl methyl sites for hydroxylation is 2. The maximum Gasteiger partial charge on any atom is 0.307 e. The Morgan fingerprint density at radius 3 is 2.77 bits per heavy atom. The smallest absolute Gasteiger partial charge is 0.307 e. The van der Waals surface area contributed by atoms with Crippen molar-refractivity contribution in [2.45, 2.75) is 20.3 Å². The normalized spacial score (nSPS) is 10.9. The van der Waals surface area contributed by atoms with Crippen molar-refractivity contribution in [3.63, 3.8) is 0 Å². The summed E-state index contributed by atoms with van der Waals surface area (Å²) in [6.07, 6.45) is 3.31. The van der Waals surface area contributed by atoms with Gasteiger partial charge in [0.1, 0.15) is 5.76 Å². The minimum atomic E-state index is -0.844. The molecule has 1 aromatic rings. The molecule has 0 unspecified atom stereocenters. The first-order valence-electron chi connectivity index (χ1n) is 3.92. The standard InChI is InChI=1S/C9H11NO3/c1-6-8(7(2)13-10-6)4-3-5-9(11)12/h3-4H,5H2,1-2H3,(H,11,12). The Morgan fingerprint density at radius 2 is 2.31 bits per heavy atom. The fourth-order valence-electron chi connectivity index (χ4n) is 1.01. The topological polar surface area (TPSA) is 63.3 Å². The third-order valence-electron chi connectivity index (χ3n) is 1.67. The van der Waals surface area contributed by atoms with E-state index in [0.29, 0.717) is 5.76 Å². The Hall–Kier alpha value is -1.58. The fraction of sp³-hybridized carbons (Fsp3) is 0.333. The van der Waals surface area contributed by atoms with Crippen molar-refractivity contribution in [3.8, 4) is 0 Å². The quantitative estimate of drug-likeness (QED) is 0.771. The molecule has 0 aliphatic rings. The van der Waals surface area contributed by atoms with Gasteiger partial charge in [-0.15, -0.1) is 0 Å². The predicted molar refractivity (Wildman–Crippen MR) is 47.3 cm³/mol. The zero-order chi connectivity index (χ0) is 9.84. The summed E-state index contributed by atoms with van der Waals surface area (Å²) >= 11 is 0. The van der Waals surface area contributed by atoms with E-state index in [1.807, 2.05) is 6.92 Å². The highest BCUT2D eigenvalue weighted by Gasteiger charge is 2.04. The number of carbonyl (C=O) groups is 1. The van der Waals surface area contributed by atoms with Gasteiger partial charge in [0.25, 0.3) is 0 Å². The number of aliphatic carboxylic acids is 1. The van der Waals surface area contributed by atoms with Crippen LogP contribution < -0.4 is 0 Å². The van der Waals surface area contributed by atoms with Crippen LogP contribution in [0.25, 0.3) is 6.08 Å². The van der Waals surface area contributed by atoms with E-state index in [0.717, 1.165) is 11.3 Å². The lowest BCUT2D eigenvalue weighted by Crippen LogP contribution is -1.89. The summed E-state index contributed by atoms with van der Waals surface area (Å²) in [6.45, 7) is 3.61. The van der Waals surface area contributed by atoms with Gasteiger partial charge >= 0.3 is 5.97 Å². The number of carboxylic acid groups (broad SMARTS) is 1. The van der Waals surface area contributed by atoms with Gasteiger partial charge in [-0.25, -0.2) is 0 Å². The van der Waals surface area contributed by atoms with Crippen molar-refractivity contribution in [1.29, 1.82) is 0 Å². The zero-order valence-corrected chi connectivity index (χ0v) is 7.57. The molecule has 1 N–H and O–H groups in total. The van der Waals surface area contributed by atoms with Crippen molar-refractivity contribution in [3.05, 3.63) is 23.1 Å². The molecule has 1 aromatic heterocycles. The minimum absolute atomic E-state index is 0.0179. The van der Waals surface area contributed by atoms with Gasteiger partial charge in [-0.05, 0) is 13.8 Å². The van der Waals surface area contributed by atoms with Crippen molar-refractivity contribution in [2.75, 3.05) is 0 Å². The average Bonchev–Trinajstić information content (AvgIpc) is 2.34. The van der Waals surface area contributed by atoms with Crippen molar-refractivity contribution < 1.29 is 14.4 Å². The number of hydrogen-bond acceptors (Lipinski definition) is 3. The molecule has 0 atom stereocenters. The van der Waals surface area contributed by atoms with E-state index >= 15 is 0 Å². The van der Waals surface area contributed by atoms with Gasteiger partial charge in [-0.2, -0.15) is 0 Å². The Balaban J connectivity index is 2.73. The number of carboxylic acids is 1. The average molecular weight is 181 g/mol. The van der Waals surface area contributed by atoms with Gasteiger partial charge < -0.3 is 9.63 Å². The number of hydrogen-bond donors (Lipinski definition) is 1. The van der Waals surface area contributed by atoms with E-state index in [-0.39, 0.29) is 6.42 Å². The molecule has 0 saturated carbocycles. The maximum atomic E-state index is 10.2. The van der Waals surface area contributed by atoms with Crippen LogP contribution in [0.1, 0.15) is 23.4 Å². The van der Waals surface area contributed by atoms with E-state index in [9.17, 15) is 4.79 Å². The predicted octanol–water partition coefficient (Wildman–Crippen LogP) is 1.78. The molecule has 0 fully saturated rings. The first-order chi connectivity index (χ1) is 6.11. The van der Waals surface area contributed by atoms with Gasteiger partial charge in [0.05, 0.1) is 12.1 Å². The Bertz CT molecular complexity index is 319. The molecule has 0 aliphatic heterocycles. The molecule has 0 bridgehead atoms. The maximum absolute atomic E-state index is 10.2. The number of rotatable bonds is 3. The monoisotopic (exact) mass is 181 g/mol. The molecule has 0 aromatic carbocycles. The van der Waals surface area contributed by atoms with E-state index in [4.69, 9.17) is 9.63 Å². The third kappa shape index (κ3) is 2.43. The van der Waals surface area contributed by atoms with E-state index in [1.54, 1.807) is 19.1 Å². The van der Waals surface area contributed by atoms with Crippen LogP contribution in [-0.4, -0.2) is 16.2 Å². The third-order valence-corrected chi connectivity index (χ3v) is 1.67. The highest BCUT2D eigenvalue weighted by atomic mass is 16.5. The molecule has 0 radical (unpaired) electrons. The van der Waals surface area contributed by atoms with Crippen molar-refractivity contribution in [2.24, 2.45) is 0 Å². The molecule has 0 saturated heterocycles. The van der Waals surface area contributed by atoms with Gasteiger partial charge in [-0.1, -0.05) is 17.3 Å². The van der Waals surface area contributed by atoms with Crippen LogP contribution >= 0.6 is 0 Å². The second-order valence-electron chi connectivity index (χ2n) is 2.74. The van der Waals surface area contributed by atoms with E-state index in [1.165, 1.54) is 0 Å². The summed E-state index contributed by atoms with van der Waals surface area (Å²) in [4.78, 5) is 10.2. The first-order valence-corrected chi connectivity index (χ1v) is 3.92. The lowest BCUT2D eigenvalue weighted by atomic mass is 10.2. The molecule has 70 valence electrons. The van der Waals surface area contributed by atoms with Crippen LogP contribution in [0.2, 0.25) is 0 Å². The van der Waals surface area contributed by atoms with Crippen molar-refractivity contribution >= 4 is 12.0 Å². The Kier molecular flexibility index (Phi) is 2.84. The van der Waals surface area contributed by atoms with E-state index in [2.05, 4.69) is 5.16 Å². The van der Waals surface area contributed by atoms with Crippen LogP contribution in [0.4, 0.5) is 0 Å². The van der Waals surface area contributed by atoms with Gasteiger partial charge in [-0.3, -0.25) is 4.79 Å². The molecular formula is C9H11NO3. The Labute approximate surface area is 75.9 Å². The van der Waals surface area contributed by atoms with Gasteiger partial charge in [0.2, 0.25) is 0 Å². The second-order valence-corrected chi connectivity index (χ2v) is 2.74. The highest BCUT2D eigenvalue weighted by molar-refractivity contribution is 5.70. The second kappa shape index (κ2) is 3.89. The molecule has 0 aliphatic carbocycles. The molecule has 4 nitrogen and oxygen atoms in total. The van der Waals surface area contributed by atoms with Crippen LogP contribution in [0.3, 0.4) is 0 Å². The summed E-state index contributed by atoms with van der Waals surface area (Å²) in [7, 11) is 0. The van der Waals surface area contributed by atoms with Crippen LogP contribution in [-0.2, 0) is 4.79 Å². The van der Waals surface area contributed by atoms with Crippen LogP contribution in [0, 0.1) is 13.8 Å². The molecule has 0 amide bonds. The molecule has 1 heterocycles. The Morgan fingerprint density at radius 1 is 1.62 bits per heavy atom. The van der Waals surface area contributed by atoms with Gasteiger partial charge in [0.15, 0.2) is 0 Å². The largest absolute Gasteiger partial charge is 0.481 e. The summed E-state index contributed by atoms with van der Waals surface area (Å²) in [5, 5.41) is 12.1. The molecule has 4 heteroatoms. The summed E-state index contributed by atoms with van der Waals surface area (Å²) in [5.41, 5.74) is 1.64. The van der Waals surface area contributed by atoms with Gasteiger partial charge in [0, 0.05) is 5.56 Å². The number of nitrogens with zero attached hydrogens (tertiary/aromatic N) is 1. The lowest BCUT2D eigenvalue weighted by molar-refractivity contribution is -0.135. The molecular weight excluding hydrogens is 170 g/mol. The fourth-order valence-corrected chi connectivity index (χ4v) is 1.01.